The normalized spacial score (nSPS) is 19.9. The van der Waals surface area contributed by atoms with Gasteiger partial charge in [0.25, 0.3) is 0 Å². The van der Waals surface area contributed by atoms with Crippen LogP contribution in [0.2, 0.25) is 0 Å². The summed E-state index contributed by atoms with van der Waals surface area (Å²) in [6.45, 7) is 2.88. The number of benzene rings is 1. The number of hydrogen-bond acceptors (Lipinski definition) is 2. The van der Waals surface area contributed by atoms with Crippen molar-refractivity contribution in [2.75, 3.05) is 6.61 Å². The van der Waals surface area contributed by atoms with Crippen LogP contribution in [0.3, 0.4) is 0 Å². The molecule has 1 N–H and O–H groups in total. The average molecular weight is 346 g/mol. The van der Waals surface area contributed by atoms with Crippen LogP contribution in [0.15, 0.2) is 30.3 Å². The Balaban J connectivity index is 1.49. The first-order chi connectivity index (χ1) is 12.3. The summed E-state index contributed by atoms with van der Waals surface area (Å²) in [5.74, 6) is 0.185. The monoisotopic (exact) mass is 345 g/mol. The highest BCUT2D eigenvalue weighted by Crippen LogP contribution is 2.28. The molecule has 0 saturated carbocycles. The summed E-state index contributed by atoms with van der Waals surface area (Å²) in [6, 6.07) is 10.4. The standard InChI is InChI=1S/C22H35NO2/c1-2-3-4-5-6-7-8-9-13-16-22(24)23-20-17-21(25-18-20)19-14-11-10-12-15-19/h10-12,14-15,20-21H,2-9,13,16-18H2,1H3,(H,23,24)/t20-,21-/m1/s1. The maximum atomic E-state index is 12.1. The number of hydrogen-bond donors (Lipinski definition) is 1. The Morgan fingerprint density at radius 3 is 2.32 bits per heavy atom. The molecule has 1 heterocycles. The summed E-state index contributed by atoms with van der Waals surface area (Å²) in [4.78, 5) is 12.1. The van der Waals surface area contributed by atoms with Crippen molar-refractivity contribution in [3.05, 3.63) is 35.9 Å². The van der Waals surface area contributed by atoms with Crippen LogP contribution in [0.1, 0.15) is 89.2 Å². The highest BCUT2D eigenvalue weighted by molar-refractivity contribution is 5.76. The van der Waals surface area contributed by atoms with E-state index in [9.17, 15) is 4.79 Å². The van der Waals surface area contributed by atoms with Crippen molar-refractivity contribution in [1.29, 1.82) is 0 Å². The van der Waals surface area contributed by atoms with Crippen molar-refractivity contribution in [2.24, 2.45) is 0 Å². The predicted octanol–water partition coefficient (Wildman–Crippen LogP) is 5.55. The third-order valence-electron chi connectivity index (χ3n) is 5.04. The van der Waals surface area contributed by atoms with E-state index in [4.69, 9.17) is 4.74 Å². The molecule has 1 saturated heterocycles. The van der Waals surface area contributed by atoms with Crippen molar-refractivity contribution in [3.8, 4) is 0 Å². The fourth-order valence-corrected chi connectivity index (χ4v) is 3.52. The zero-order valence-electron chi connectivity index (χ0n) is 15.8. The minimum Gasteiger partial charge on any atom is -0.371 e. The molecule has 2 atom stereocenters. The van der Waals surface area contributed by atoms with E-state index in [-0.39, 0.29) is 18.1 Å². The van der Waals surface area contributed by atoms with E-state index in [1.165, 1.54) is 56.9 Å². The average Bonchev–Trinajstić information content (AvgIpc) is 3.09. The first-order valence-electron chi connectivity index (χ1n) is 10.3. The highest BCUT2D eigenvalue weighted by atomic mass is 16.5. The topological polar surface area (TPSA) is 38.3 Å². The molecular weight excluding hydrogens is 310 g/mol. The number of rotatable bonds is 12. The van der Waals surface area contributed by atoms with E-state index < -0.39 is 0 Å². The Hall–Kier alpha value is -1.35. The van der Waals surface area contributed by atoms with E-state index in [0.29, 0.717) is 13.0 Å². The van der Waals surface area contributed by atoms with Gasteiger partial charge in [0.2, 0.25) is 5.91 Å². The molecule has 1 aliphatic rings. The van der Waals surface area contributed by atoms with Gasteiger partial charge in [0.1, 0.15) is 0 Å². The Morgan fingerprint density at radius 1 is 1.00 bits per heavy atom. The molecule has 2 rings (SSSR count). The van der Waals surface area contributed by atoms with Gasteiger partial charge in [0.05, 0.1) is 18.8 Å². The summed E-state index contributed by atoms with van der Waals surface area (Å²) in [6.07, 6.45) is 13.2. The lowest BCUT2D eigenvalue weighted by atomic mass is 10.0. The SMILES string of the molecule is CCCCCCCCCCCC(=O)N[C@H]1CO[C@@H](c2ccccc2)C1. The van der Waals surface area contributed by atoms with Gasteiger partial charge in [-0.15, -0.1) is 0 Å². The summed E-state index contributed by atoms with van der Waals surface area (Å²) >= 11 is 0. The summed E-state index contributed by atoms with van der Waals surface area (Å²) in [5, 5.41) is 3.14. The number of ether oxygens (including phenoxy) is 1. The molecule has 3 heteroatoms. The van der Waals surface area contributed by atoms with E-state index in [1.54, 1.807) is 0 Å². The van der Waals surface area contributed by atoms with Crippen LogP contribution in [0.4, 0.5) is 0 Å². The first kappa shape index (κ1) is 20.0. The van der Waals surface area contributed by atoms with Crippen LogP contribution in [0, 0.1) is 0 Å². The maximum Gasteiger partial charge on any atom is 0.220 e. The second kappa shape index (κ2) is 12.1. The molecule has 0 aliphatic carbocycles. The van der Waals surface area contributed by atoms with E-state index in [0.717, 1.165) is 12.8 Å². The number of nitrogens with one attached hydrogen (secondary N) is 1. The molecular formula is C22H35NO2. The number of carbonyl (C=O) groups excluding carboxylic acids is 1. The van der Waals surface area contributed by atoms with Gasteiger partial charge < -0.3 is 10.1 Å². The Bertz CT molecular complexity index is 474. The summed E-state index contributed by atoms with van der Waals surface area (Å²) < 4.78 is 5.84. The molecule has 140 valence electrons. The lowest BCUT2D eigenvalue weighted by molar-refractivity contribution is -0.121. The van der Waals surface area contributed by atoms with Crippen LogP contribution in [0.5, 0.6) is 0 Å². The van der Waals surface area contributed by atoms with Crippen molar-refractivity contribution in [1.82, 2.24) is 5.32 Å². The molecule has 1 fully saturated rings. The fourth-order valence-electron chi connectivity index (χ4n) is 3.52. The molecule has 3 nitrogen and oxygen atoms in total. The predicted molar refractivity (Wildman–Crippen MR) is 104 cm³/mol. The van der Waals surface area contributed by atoms with Crippen molar-refractivity contribution < 1.29 is 9.53 Å². The second-order valence-electron chi connectivity index (χ2n) is 7.31. The van der Waals surface area contributed by atoms with Gasteiger partial charge in [-0.2, -0.15) is 0 Å². The van der Waals surface area contributed by atoms with Crippen LogP contribution in [0.25, 0.3) is 0 Å². The van der Waals surface area contributed by atoms with Gasteiger partial charge in [-0.05, 0) is 12.0 Å². The van der Waals surface area contributed by atoms with E-state index >= 15 is 0 Å². The van der Waals surface area contributed by atoms with Crippen molar-refractivity contribution in [3.63, 3.8) is 0 Å². The van der Waals surface area contributed by atoms with Crippen molar-refractivity contribution >= 4 is 5.91 Å². The Labute approximate surface area is 153 Å². The Morgan fingerprint density at radius 2 is 1.64 bits per heavy atom. The summed E-state index contributed by atoms with van der Waals surface area (Å²) in [5.41, 5.74) is 1.21. The van der Waals surface area contributed by atoms with E-state index in [2.05, 4.69) is 24.4 Å². The minimum atomic E-state index is 0.124. The Kier molecular flexibility index (Phi) is 9.65. The number of amides is 1. The lowest BCUT2D eigenvalue weighted by Crippen LogP contribution is -2.34. The van der Waals surface area contributed by atoms with Gasteiger partial charge in [0.15, 0.2) is 0 Å². The molecule has 25 heavy (non-hydrogen) atoms. The quantitative estimate of drug-likeness (QED) is 0.504. The molecule has 0 unspecified atom stereocenters. The molecule has 0 bridgehead atoms. The molecule has 1 aliphatic heterocycles. The van der Waals surface area contributed by atoms with Gasteiger partial charge >= 0.3 is 0 Å². The van der Waals surface area contributed by atoms with Crippen molar-refractivity contribution in [2.45, 2.75) is 89.7 Å². The smallest absolute Gasteiger partial charge is 0.220 e. The lowest BCUT2D eigenvalue weighted by Gasteiger charge is -2.11. The zero-order valence-corrected chi connectivity index (χ0v) is 15.8. The third kappa shape index (κ3) is 8.04. The molecule has 1 amide bonds. The van der Waals surface area contributed by atoms with Crippen LogP contribution >= 0.6 is 0 Å². The first-order valence-corrected chi connectivity index (χ1v) is 10.3. The van der Waals surface area contributed by atoms with Gasteiger partial charge in [0, 0.05) is 12.8 Å². The third-order valence-corrected chi connectivity index (χ3v) is 5.04. The second-order valence-corrected chi connectivity index (χ2v) is 7.31. The van der Waals surface area contributed by atoms with Crippen LogP contribution < -0.4 is 5.32 Å². The fraction of sp³-hybridized carbons (Fsp3) is 0.682. The number of carbonyl (C=O) groups is 1. The molecule has 0 radical (unpaired) electrons. The summed E-state index contributed by atoms with van der Waals surface area (Å²) in [7, 11) is 0. The highest BCUT2D eigenvalue weighted by Gasteiger charge is 2.27. The largest absolute Gasteiger partial charge is 0.371 e. The van der Waals surface area contributed by atoms with Gasteiger partial charge in [-0.3, -0.25) is 4.79 Å². The van der Waals surface area contributed by atoms with Crippen LogP contribution in [-0.2, 0) is 9.53 Å². The zero-order chi connectivity index (χ0) is 17.7. The molecule has 1 aromatic carbocycles. The number of unbranched alkanes of at least 4 members (excludes halogenated alkanes) is 8. The molecule has 1 aromatic rings. The molecule has 0 aromatic heterocycles. The van der Waals surface area contributed by atoms with Gasteiger partial charge in [-0.25, -0.2) is 0 Å². The van der Waals surface area contributed by atoms with E-state index in [1.807, 2.05) is 18.2 Å². The van der Waals surface area contributed by atoms with Gasteiger partial charge in [-0.1, -0.05) is 88.6 Å². The minimum absolute atomic E-state index is 0.124. The molecule has 0 spiro atoms. The van der Waals surface area contributed by atoms with Crippen LogP contribution in [-0.4, -0.2) is 18.6 Å². The maximum absolute atomic E-state index is 12.1.